The van der Waals surface area contributed by atoms with E-state index in [1.807, 2.05) is 0 Å². The fraction of sp³-hybridized carbons (Fsp3) is 0.333. The Balaban J connectivity index is 3.33. The Labute approximate surface area is 88.9 Å². The molecule has 0 fully saturated rings. The van der Waals surface area contributed by atoms with Crippen molar-refractivity contribution in [3.8, 4) is 5.75 Å². The van der Waals surface area contributed by atoms with E-state index in [4.69, 9.17) is 5.73 Å². The van der Waals surface area contributed by atoms with E-state index < -0.39 is 11.6 Å². The number of phenolic OH excluding ortho intramolecular Hbond substituents is 1. The Morgan fingerprint density at radius 1 is 1.57 bits per heavy atom. The van der Waals surface area contributed by atoms with Crippen LogP contribution in [-0.4, -0.2) is 11.7 Å². The van der Waals surface area contributed by atoms with E-state index in [1.165, 1.54) is 0 Å². The van der Waals surface area contributed by atoms with Crippen LogP contribution in [-0.2, 0) is 0 Å². The minimum Gasteiger partial charge on any atom is -0.506 e. The minimum atomic E-state index is -1.09. The first-order chi connectivity index (χ1) is 6.49. The molecule has 0 saturated carbocycles. The van der Waals surface area contributed by atoms with Crippen LogP contribution in [0, 0.1) is 11.6 Å². The van der Waals surface area contributed by atoms with Gasteiger partial charge in [0.05, 0.1) is 4.47 Å². The Bertz CT molecular complexity index is 357. The molecule has 1 aromatic carbocycles. The molecule has 0 saturated heterocycles. The lowest BCUT2D eigenvalue weighted by Crippen LogP contribution is -2.10. The predicted octanol–water partition coefficient (Wildman–Crippen LogP) is 2.50. The number of aromatic hydroxyl groups is 1. The number of halogens is 3. The molecule has 0 aromatic heterocycles. The van der Waals surface area contributed by atoms with Gasteiger partial charge >= 0.3 is 0 Å². The summed E-state index contributed by atoms with van der Waals surface area (Å²) in [6, 6.07) is 0.965. The molecule has 0 amide bonds. The van der Waals surface area contributed by atoms with Crippen molar-refractivity contribution in [1.82, 2.24) is 0 Å². The number of benzene rings is 1. The molecule has 0 aliphatic heterocycles. The van der Waals surface area contributed by atoms with Gasteiger partial charge in [0.15, 0.2) is 11.6 Å². The molecule has 0 spiro atoms. The lowest BCUT2D eigenvalue weighted by atomic mass is 10.00. The first-order valence-electron chi connectivity index (χ1n) is 4.05. The zero-order chi connectivity index (χ0) is 10.9. The Hall–Kier alpha value is -0.680. The highest BCUT2D eigenvalue weighted by Gasteiger charge is 2.18. The molecule has 2 nitrogen and oxygen atoms in total. The van der Waals surface area contributed by atoms with E-state index in [9.17, 15) is 13.9 Å². The fourth-order valence-corrected chi connectivity index (χ4v) is 1.52. The van der Waals surface area contributed by atoms with Gasteiger partial charge in [-0.15, -0.1) is 0 Å². The van der Waals surface area contributed by atoms with Crippen molar-refractivity contribution < 1.29 is 13.9 Å². The van der Waals surface area contributed by atoms with Gasteiger partial charge in [0.25, 0.3) is 0 Å². The maximum Gasteiger partial charge on any atom is 0.176 e. The number of nitrogens with two attached hydrogens (primary N) is 1. The number of hydrogen-bond donors (Lipinski definition) is 2. The van der Waals surface area contributed by atoms with Crippen molar-refractivity contribution in [2.24, 2.45) is 5.73 Å². The summed E-state index contributed by atoms with van der Waals surface area (Å²) >= 11 is 2.77. The summed E-state index contributed by atoms with van der Waals surface area (Å²) in [7, 11) is 0. The quantitative estimate of drug-likeness (QED) is 0.808. The van der Waals surface area contributed by atoms with E-state index in [2.05, 4.69) is 15.9 Å². The van der Waals surface area contributed by atoms with E-state index in [0.717, 1.165) is 6.07 Å². The third-order valence-electron chi connectivity index (χ3n) is 2.05. The van der Waals surface area contributed by atoms with Gasteiger partial charge in [0.1, 0.15) is 5.75 Å². The Kier molecular flexibility index (Phi) is 3.44. The molecule has 0 bridgehead atoms. The predicted molar refractivity (Wildman–Crippen MR) is 53.2 cm³/mol. The van der Waals surface area contributed by atoms with Crippen molar-refractivity contribution in [2.75, 3.05) is 6.54 Å². The number of phenols is 1. The normalized spacial score (nSPS) is 12.9. The van der Waals surface area contributed by atoms with Crippen LogP contribution in [0.25, 0.3) is 0 Å². The average molecular weight is 266 g/mol. The van der Waals surface area contributed by atoms with Crippen molar-refractivity contribution in [3.63, 3.8) is 0 Å². The maximum atomic E-state index is 13.0. The van der Waals surface area contributed by atoms with E-state index in [1.54, 1.807) is 6.92 Å². The van der Waals surface area contributed by atoms with Crippen LogP contribution in [0.15, 0.2) is 10.5 Å². The Morgan fingerprint density at radius 3 is 2.64 bits per heavy atom. The number of rotatable bonds is 2. The number of hydrogen-bond acceptors (Lipinski definition) is 2. The van der Waals surface area contributed by atoms with E-state index in [0.29, 0.717) is 5.56 Å². The molecule has 78 valence electrons. The van der Waals surface area contributed by atoms with Gasteiger partial charge in [0.2, 0.25) is 0 Å². The van der Waals surface area contributed by atoms with Gasteiger partial charge in [-0.05, 0) is 34.5 Å². The monoisotopic (exact) mass is 265 g/mol. The first-order valence-corrected chi connectivity index (χ1v) is 4.84. The summed E-state index contributed by atoms with van der Waals surface area (Å²) in [5.41, 5.74) is 5.67. The lowest BCUT2D eigenvalue weighted by Gasteiger charge is -2.13. The largest absolute Gasteiger partial charge is 0.506 e. The molecule has 1 rings (SSSR count). The fourth-order valence-electron chi connectivity index (χ4n) is 1.11. The summed E-state index contributed by atoms with van der Waals surface area (Å²) in [6.07, 6.45) is 0. The molecule has 5 heteroatoms. The summed E-state index contributed by atoms with van der Waals surface area (Å²) in [6.45, 7) is 1.98. The van der Waals surface area contributed by atoms with Crippen LogP contribution in [0.1, 0.15) is 18.4 Å². The van der Waals surface area contributed by atoms with Crippen LogP contribution < -0.4 is 5.73 Å². The highest BCUT2D eigenvalue weighted by atomic mass is 79.9. The van der Waals surface area contributed by atoms with Gasteiger partial charge in [-0.3, -0.25) is 0 Å². The molecule has 0 aliphatic rings. The third-order valence-corrected chi connectivity index (χ3v) is 2.77. The van der Waals surface area contributed by atoms with Crippen LogP contribution in [0.3, 0.4) is 0 Å². The minimum absolute atomic E-state index is 0.221. The van der Waals surface area contributed by atoms with Gasteiger partial charge < -0.3 is 10.8 Å². The van der Waals surface area contributed by atoms with Crippen molar-refractivity contribution in [3.05, 3.63) is 27.7 Å². The van der Waals surface area contributed by atoms with Crippen LogP contribution in [0.5, 0.6) is 5.75 Å². The zero-order valence-electron chi connectivity index (χ0n) is 7.52. The Morgan fingerprint density at radius 2 is 2.14 bits per heavy atom. The molecule has 1 aromatic rings. The smallest absolute Gasteiger partial charge is 0.176 e. The van der Waals surface area contributed by atoms with Crippen LogP contribution in [0.2, 0.25) is 0 Å². The molecule has 3 N–H and O–H groups in total. The lowest BCUT2D eigenvalue weighted by molar-refractivity contribution is 0.436. The topological polar surface area (TPSA) is 46.2 Å². The second kappa shape index (κ2) is 4.23. The van der Waals surface area contributed by atoms with Crippen LogP contribution >= 0.6 is 15.9 Å². The van der Waals surface area contributed by atoms with Crippen LogP contribution in [0.4, 0.5) is 8.78 Å². The molecule has 1 unspecified atom stereocenters. The molecule has 0 heterocycles. The van der Waals surface area contributed by atoms with Crippen molar-refractivity contribution in [1.29, 1.82) is 0 Å². The SMILES string of the molecule is CC(CN)c1cc(F)c(F)c(Br)c1O. The van der Waals surface area contributed by atoms with E-state index >= 15 is 0 Å². The highest BCUT2D eigenvalue weighted by Crippen LogP contribution is 2.35. The van der Waals surface area contributed by atoms with Gasteiger partial charge in [-0.1, -0.05) is 6.92 Å². The molecule has 0 radical (unpaired) electrons. The molecule has 1 atom stereocenters. The summed E-state index contributed by atoms with van der Waals surface area (Å²) in [5.74, 6) is -2.59. The average Bonchev–Trinajstić information content (AvgIpc) is 2.19. The third kappa shape index (κ3) is 1.88. The summed E-state index contributed by atoms with van der Waals surface area (Å²) < 4.78 is 25.6. The summed E-state index contributed by atoms with van der Waals surface area (Å²) in [5, 5.41) is 9.50. The maximum absolute atomic E-state index is 13.0. The second-order valence-corrected chi connectivity index (χ2v) is 3.85. The first kappa shape index (κ1) is 11.4. The highest BCUT2D eigenvalue weighted by molar-refractivity contribution is 9.10. The van der Waals surface area contributed by atoms with Gasteiger partial charge in [0, 0.05) is 5.56 Å². The molecular formula is C9H10BrF2NO. The standard InChI is InChI=1S/C9H10BrF2NO/c1-4(3-13)5-2-6(11)8(12)7(10)9(5)14/h2,4,14H,3,13H2,1H3. The molecule has 0 aliphatic carbocycles. The van der Waals surface area contributed by atoms with Gasteiger partial charge in [-0.2, -0.15) is 0 Å². The van der Waals surface area contributed by atoms with E-state index in [-0.39, 0.29) is 22.7 Å². The second-order valence-electron chi connectivity index (χ2n) is 3.06. The van der Waals surface area contributed by atoms with Crippen molar-refractivity contribution >= 4 is 15.9 Å². The van der Waals surface area contributed by atoms with Gasteiger partial charge in [-0.25, -0.2) is 8.78 Å². The van der Waals surface area contributed by atoms with Crippen molar-refractivity contribution in [2.45, 2.75) is 12.8 Å². The molecule has 14 heavy (non-hydrogen) atoms. The zero-order valence-corrected chi connectivity index (χ0v) is 9.11. The summed E-state index contributed by atoms with van der Waals surface area (Å²) in [4.78, 5) is 0. The molecular weight excluding hydrogens is 256 g/mol.